The van der Waals surface area contributed by atoms with Gasteiger partial charge in [-0.05, 0) is 31.9 Å². The van der Waals surface area contributed by atoms with E-state index in [4.69, 9.17) is 4.74 Å². The lowest BCUT2D eigenvalue weighted by molar-refractivity contribution is 0.0519. The van der Waals surface area contributed by atoms with Gasteiger partial charge in [-0.15, -0.1) is 0 Å². The highest BCUT2D eigenvalue weighted by molar-refractivity contribution is 5.88. The van der Waals surface area contributed by atoms with Crippen molar-refractivity contribution >= 4 is 5.97 Å². The molecule has 1 heterocycles. The molecule has 19 heavy (non-hydrogen) atoms. The van der Waals surface area contributed by atoms with Crippen LogP contribution in [-0.4, -0.2) is 22.5 Å². The van der Waals surface area contributed by atoms with Crippen molar-refractivity contribution in [2.24, 2.45) is 0 Å². The van der Waals surface area contributed by atoms with E-state index in [0.29, 0.717) is 23.8 Å². The zero-order valence-corrected chi connectivity index (χ0v) is 10.9. The normalized spacial score (nSPS) is 9.58. The summed E-state index contributed by atoms with van der Waals surface area (Å²) in [5.41, 5.74) is 1.85. The Kier molecular flexibility index (Phi) is 3.99. The van der Waals surface area contributed by atoms with Gasteiger partial charge in [0.2, 0.25) is 0 Å². The molecule has 0 saturated carbocycles. The van der Waals surface area contributed by atoms with Crippen LogP contribution in [0, 0.1) is 18.8 Å². The summed E-state index contributed by atoms with van der Waals surface area (Å²) in [5, 5.41) is 0. The first kappa shape index (κ1) is 12.9. The molecule has 0 radical (unpaired) electrons. The number of aryl methyl sites for hydroxylation is 1. The number of aromatic nitrogens is 2. The third-order valence-electron chi connectivity index (χ3n) is 2.45. The number of aromatic amines is 1. The van der Waals surface area contributed by atoms with Crippen LogP contribution < -0.4 is 0 Å². The number of H-pyrrole nitrogens is 1. The minimum Gasteiger partial charge on any atom is -0.461 e. The average molecular weight is 254 g/mol. The lowest BCUT2D eigenvalue weighted by Crippen LogP contribution is -2.06. The van der Waals surface area contributed by atoms with Crippen LogP contribution in [0.15, 0.2) is 30.3 Å². The van der Waals surface area contributed by atoms with E-state index in [1.165, 1.54) is 0 Å². The molecule has 0 aliphatic carbocycles. The molecule has 96 valence electrons. The number of nitrogens with one attached hydrogen (secondary N) is 1. The molecule has 0 atom stereocenters. The van der Waals surface area contributed by atoms with Crippen molar-refractivity contribution in [2.75, 3.05) is 6.61 Å². The highest BCUT2D eigenvalue weighted by Gasteiger charge is 2.14. The second-order valence-corrected chi connectivity index (χ2v) is 3.90. The summed E-state index contributed by atoms with van der Waals surface area (Å²) in [7, 11) is 0. The fourth-order valence-corrected chi connectivity index (χ4v) is 1.57. The first-order valence-electron chi connectivity index (χ1n) is 6.01. The summed E-state index contributed by atoms with van der Waals surface area (Å²) in [6, 6.07) is 9.59. The smallest absolute Gasteiger partial charge is 0.358 e. The molecule has 1 aromatic heterocycles. The molecule has 1 aromatic carbocycles. The number of esters is 1. The van der Waals surface area contributed by atoms with E-state index in [1.807, 2.05) is 30.3 Å². The maximum atomic E-state index is 11.6. The van der Waals surface area contributed by atoms with E-state index < -0.39 is 5.97 Å². The summed E-state index contributed by atoms with van der Waals surface area (Å²) < 4.78 is 4.92. The largest absolute Gasteiger partial charge is 0.461 e. The molecule has 2 rings (SSSR count). The van der Waals surface area contributed by atoms with Crippen molar-refractivity contribution in [3.05, 3.63) is 53.1 Å². The van der Waals surface area contributed by atoms with Crippen molar-refractivity contribution in [1.82, 2.24) is 9.97 Å². The van der Waals surface area contributed by atoms with Crippen LogP contribution in [0.3, 0.4) is 0 Å². The van der Waals surface area contributed by atoms with E-state index in [-0.39, 0.29) is 0 Å². The topological polar surface area (TPSA) is 55.0 Å². The lowest BCUT2D eigenvalue weighted by atomic mass is 10.2. The van der Waals surface area contributed by atoms with Gasteiger partial charge in [-0.2, -0.15) is 0 Å². The highest BCUT2D eigenvalue weighted by Crippen LogP contribution is 2.06. The zero-order valence-electron chi connectivity index (χ0n) is 10.9. The number of hydrogen-bond acceptors (Lipinski definition) is 3. The molecule has 2 aromatic rings. The van der Waals surface area contributed by atoms with Crippen LogP contribution in [0.1, 0.15) is 34.5 Å². The molecule has 4 heteroatoms. The number of benzene rings is 1. The Labute approximate surface area is 111 Å². The molecule has 0 aliphatic rings. The second-order valence-electron chi connectivity index (χ2n) is 3.90. The van der Waals surface area contributed by atoms with Gasteiger partial charge < -0.3 is 9.72 Å². The summed E-state index contributed by atoms with van der Waals surface area (Å²) in [4.78, 5) is 18.7. The van der Waals surface area contributed by atoms with Crippen molar-refractivity contribution in [3.63, 3.8) is 0 Å². The van der Waals surface area contributed by atoms with Crippen LogP contribution >= 0.6 is 0 Å². The zero-order chi connectivity index (χ0) is 13.7. The summed E-state index contributed by atoms with van der Waals surface area (Å²) in [6.07, 6.45) is 0. The average Bonchev–Trinajstić information content (AvgIpc) is 2.79. The van der Waals surface area contributed by atoms with E-state index in [9.17, 15) is 4.79 Å². The Morgan fingerprint density at radius 3 is 2.74 bits per heavy atom. The molecular weight excluding hydrogens is 240 g/mol. The van der Waals surface area contributed by atoms with E-state index >= 15 is 0 Å². The van der Waals surface area contributed by atoms with Gasteiger partial charge >= 0.3 is 5.97 Å². The van der Waals surface area contributed by atoms with Gasteiger partial charge in [0.1, 0.15) is 0 Å². The van der Waals surface area contributed by atoms with Crippen molar-refractivity contribution < 1.29 is 9.53 Å². The first-order chi connectivity index (χ1) is 9.20. The van der Waals surface area contributed by atoms with E-state index in [0.717, 1.165) is 5.56 Å². The third-order valence-corrected chi connectivity index (χ3v) is 2.45. The van der Waals surface area contributed by atoms with Gasteiger partial charge in [0, 0.05) is 11.3 Å². The maximum Gasteiger partial charge on any atom is 0.358 e. The minimum atomic E-state index is -0.427. The number of carbonyl (C=O) groups excluding carboxylic acids is 1. The predicted octanol–water partition coefficient (Wildman–Crippen LogP) is 2.29. The molecule has 0 spiro atoms. The fourth-order valence-electron chi connectivity index (χ4n) is 1.57. The lowest BCUT2D eigenvalue weighted by Gasteiger charge is -1.97. The summed E-state index contributed by atoms with van der Waals surface area (Å²) in [5.74, 6) is 5.91. The van der Waals surface area contributed by atoms with Crippen molar-refractivity contribution in [2.45, 2.75) is 13.8 Å². The quantitative estimate of drug-likeness (QED) is 0.661. The molecule has 0 saturated heterocycles. The SMILES string of the molecule is CCOC(=O)c1nc(C#Cc2ccccc2)[nH]c1C. The molecule has 0 aliphatic heterocycles. The van der Waals surface area contributed by atoms with E-state index in [2.05, 4.69) is 21.8 Å². The Balaban J connectivity index is 2.22. The molecular formula is C15H14N2O2. The number of hydrogen-bond donors (Lipinski definition) is 1. The van der Waals surface area contributed by atoms with Gasteiger partial charge in [0.15, 0.2) is 11.5 Å². The van der Waals surface area contributed by atoms with Crippen LogP contribution in [0.2, 0.25) is 0 Å². The molecule has 0 unspecified atom stereocenters. The van der Waals surface area contributed by atoms with Crippen LogP contribution in [0.4, 0.5) is 0 Å². The first-order valence-corrected chi connectivity index (χ1v) is 6.01. The molecule has 1 N–H and O–H groups in total. The molecule has 0 bridgehead atoms. The van der Waals surface area contributed by atoms with E-state index in [1.54, 1.807) is 13.8 Å². The number of rotatable bonds is 2. The van der Waals surface area contributed by atoms with Crippen LogP contribution in [0.25, 0.3) is 0 Å². The van der Waals surface area contributed by atoms with Crippen LogP contribution in [0.5, 0.6) is 0 Å². The third kappa shape index (κ3) is 3.23. The van der Waals surface area contributed by atoms with Crippen molar-refractivity contribution in [3.8, 4) is 11.8 Å². The van der Waals surface area contributed by atoms with Gasteiger partial charge in [0.05, 0.1) is 6.61 Å². The Bertz CT molecular complexity index is 633. The maximum absolute atomic E-state index is 11.6. The monoisotopic (exact) mass is 254 g/mol. The van der Waals surface area contributed by atoms with Gasteiger partial charge in [0.25, 0.3) is 0 Å². The Morgan fingerprint density at radius 2 is 2.05 bits per heavy atom. The minimum absolute atomic E-state index is 0.291. The fraction of sp³-hybridized carbons (Fsp3) is 0.200. The number of carbonyl (C=O) groups is 1. The van der Waals surface area contributed by atoms with Crippen LogP contribution in [-0.2, 0) is 4.74 Å². The molecule has 0 fully saturated rings. The highest BCUT2D eigenvalue weighted by atomic mass is 16.5. The summed E-state index contributed by atoms with van der Waals surface area (Å²) in [6.45, 7) is 3.86. The Morgan fingerprint density at radius 1 is 1.32 bits per heavy atom. The Hall–Kier alpha value is -2.54. The van der Waals surface area contributed by atoms with Gasteiger partial charge in [-0.1, -0.05) is 24.1 Å². The van der Waals surface area contributed by atoms with Gasteiger partial charge in [-0.3, -0.25) is 0 Å². The second kappa shape index (κ2) is 5.87. The summed E-state index contributed by atoms with van der Waals surface area (Å²) >= 11 is 0. The van der Waals surface area contributed by atoms with Gasteiger partial charge in [-0.25, -0.2) is 9.78 Å². The number of nitrogens with zero attached hydrogens (tertiary/aromatic N) is 1. The molecule has 0 amide bonds. The predicted molar refractivity (Wildman–Crippen MR) is 71.7 cm³/mol. The molecule has 4 nitrogen and oxygen atoms in total. The number of imidazole rings is 1. The van der Waals surface area contributed by atoms with Crippen molar-refractivity contribution in [1.29, 1.82) is 0 Å². The number of ether oxygens (including phenoxy) is 1. The standard InChI is InChI=1S/C15H14N2O2/c1-3-19-15(18)14-11(2)16-13(17-14)10-9-12-7-5-4-6-8-12/h4-8H,3H2,1-2H3,(H,16,17).